The lowest BCUT2D eigenvalue weighted by molar-refractivity contribution is 0.0568. The lowest BCUT2D eigenvalue weighted by atomic mass is 9.97. The number of aromatic nitrogens is 1. The van der Waals surface area contributed by atoms with Crippen LogP contribution >= 0.6 is 23.2 Å². The highest BCUT2D eigenvalue weighted by molar-refractivity contribution is 6.36. The summed E-state index contributed by atoms with van der Waals surface area (Å²) in [7, 11) is 0. The average molecular weight is 358 g/mol. The zero-order valence-electron chi connectivity index (χ0n) is 12.5. The van der Waals surface area contributed by atoms with E-state index in [2.05, 4.69) is 4.98 Å². The summed E-state index contributed by atoms with van der Waals surface area (Å²) in [5.41, 5.74) is 7.40. The smallest absolute Gasteiger partial charge is 0.213 e. The third kappa shape index (κ3) is 3.69. The molecule has 0 radical (unpaired) electrons. The first-order chi connectivity index (χ1) is 11.1. The molecule has 3 heterocycles. The third-order valence-corrected chi connectivity index (χ3v) is 4.79. The molecule has 0 saturated carbocycles. The summed E-state index contributed by atoms with van der Waals surface area (Å²) in [5, 5.41) is 0.838. The molecule has 1 aromatic heterocycles. The molecule has 0 aromatic carbocycles. The van der Waals surface area contributed by atoms with Gasteiger partial charge in [-0.1, -0.05) is 23.2 Å². The summed E-state index contributed by atoms with van der Waals surface area (Å²) in [6.07, 6.45) is 6.46. The molecule has 1 fully saturated rings. The van der Waals surface area contributed by atoms with E-state index in [0.29, 0.717) is 27.2 Å². The van der Waals surface area contributed by atoms with Crippen molar-refractivity contribution < 1.29 is 9.13 Å². The molecule has 1 atom stereocenters. The van der Waals surface area contributed by atoms with Crippen molar-refractivity contribution in [2.75, 3.05) is 19.8 Å². The Morgan fingerprint density at radius 2 is 2.09 bits per heavy atom. The van der Waals surface area contributed by atoms with E-state index in [9.17, 15) is 4.39 Å². The van der Waals surface area contributed by atoms with E-state index in [1.165, 1.54) is 12.3 Å². The molecule has 124 valence electrons. The molecule has 2 aliphatic rings. The first-order valence-corrected chi connectivity index (χ1v) is 8.31. The molecule has 2 aliphatic heterocycles. The van der Waals surface area contributed by atoms with Crippen LogP contribution in [0.3, 0.4) is 0 Å². The van der Waals surface area contributed by atoms with Crippen LogP contribution in [0.25, 0.3) is 5.70 Å². The zero-order chi connectivity index (χ0) is 16.4. The second-order valence-electron chi connectivity index (χ2n) is 5.74. The highest BCUT2D eigenvalue weighted by atomic mass is 35.5. The van der Waals surface area contributed by atoms with Crippen LogP contribution in [0.2, 0.25) is 5.02 Å². The van der Waals surface area contributed by atoms with E-state index < -0.39 is 5.95 Å². The molecule has 23 heavy (non-hydrogen) atoms. The van der Waals surface area contributed by atoms with Gasteiger partial charge in [-0.3, -0.25) is 0 Å². The van der Waals surface area contributed by atoms with E-state index in [1.54, 1.807) is 6.08 Å². The lowest BCUT2D eigenvalue weighted by Gasteiger charge is -2.38. The van der Waals surface area contributed by atoms with Gasteiger partial charge in [0.2, 0.25) is 5.95 Å². The predicted molar refractivity (Wildman–Crippen MR) is 89.3 cm³/mol. The van der Waals surface area contributed by atoms with Gasteiger partial charge in [-0.25, -0.2) is 4.98 Å². The van der Waals surface area contributed by atoms with E-state index >= 15 is 0 Å². The normalized spacial score (nSPS) is 22.8. The molecule has 0 bridgehead atoms. The highest BCUT2D eigenvalue weighted by Gasteiger charge is 2.28. The van der Waals surface area contributed by atoms with E-state index in [-0.39, 0.29) is 6.17 Å². The Kier molecular flexibility index (Phi) is 5.21. The van der Waals surface area contributed by atoms with Crippen molar-refractivity contribution >= 4 is 28.9 Å². The molecule has 4 nitrogen and oxygen atoms in total. The van der Waals surface area contributed by atoms with Crippen molar-refractivity contribution in [1.29, 1.82) is 0 Å². The monoisotopic (exact) mass is 357 g/mol. The number of hydrogen-bond donors (Lipinski definition) is 1. The number of rotatable bonds is 3. The second kappa shape index (κ2) is 7.18. The second-order valence-corrected chi connectivity index (χ2v) is 6.56. The summed E-state index contributed by atoms with van der Waals surface area (Å²) in [5.74, 6) is -0.151. The molecule has 2 N–H and O–H groups in total. The number of ether oxygens (including phenoxy) is 1. The molecule has 3 rings (SSSR count). The molecular weight excluding hydrogens is 340 g/mol. The van der Waals surface area contributed by atoms with Gasteiger partial charge < -0.3 is 15.4 Å². The Balaban J connectivity index is 1.95. The number of allylic oxidation sites excluding steroid dienone is 2. The third-order valence-electron chi connectivity index (χ3n) is 4.19. The summed E-state index contributed by atoms with van der Waals surface area (Å²) >= 11 is 12.6. The topological polar surface area (TPSA) is 51.4 Å². The van der Waals surface area contributed by atoms with E-state index in [0.717, 1.165) is 32.6 Å². The fourth-order valence-corrected chi connectivity index (χ4v) is 3.43. The van der Waals surface area contributed by atoms with Gasteiger partial charge in [-0.05, 0) is 30.9 Å². The molecular formula is C16H18Cl2FN3O. The molecule has 1 saturated heterocycles. The van der Waals surface area contributed by atoms with Gasteiger partial charge in [0, 0.05) is 37.6 Å². The quantitative estimate of drug-likeness (QED) is 0.842. The Morgan fingerprint density at radius 1 is 1.35 bits per heavy atom. The number of nitrogens with zero attached hydrogens (tertiary/aromatic N) is 2. The highest BCUT2D eigenvalue weighted by Crippen LogP contribution is 2.36. The summed E-state index contributed by atoms with van der Waals surface area (Å²) in [6.45, 7) is 2.22. The largest absolute Gasteiger partial charge is 0.381 e. The maximum Gasteiger partial charge on any atom is 0.213 e. The number of pyridine rings is 1. The zero-order valence-corrected chi connectivity index (χ0v) is 14.0. The molecule has 0 aliphatic carbocycles. The lowest BCUT2D eigenvalue weighted by Crippen LogP contribution is -2.44. The Labute approximate surface area is 144 Å². The summed E-state index contributed by atoms with van der Waals surface area (Å²) < 4.78 is 19.0. The number of halogens is 3. The predicted octanol–water partition coefficient (Wildman–Crippen LogP) is 3.36. The molecule has 1 aromatic rings. The number of nitrogens with two attached hydrogens (primary N) is 1. The van der Waals surface area contributed by atoms with Crippen LogP contribution in [0.15, 0.2) is 29.4 Å². The van der Waals surface area contributed by atoms with Crippen molar-refractivity contribution in [2.45, 2.75) is 19.0 Å². The molecule has 0 spiro atoms. The SMILES string of the molecule is NC1C=CC(Cl)=C(c2cc(F)ncc2Cl)N1CC1CCOCC1. The average Bonchev–Trinajstić information content (AvgIpc) is 2.55. The van der Waals surface area contributed by atoms with E-state index in [4.69, 9.17) is 33.7 Å². The fourth-order valence-electron chi connectivity index (χ4n) is 2.95. The molecule has 7 heteroatoms. The first kappa shape index (κ1) is 16.7. The van der Waals surface area contributed by atoms with Gasteiger partial charge in [0.25, 0.3) is 0 Å². The van der Waals surface area contributed by atoms with Crippen molar-refractivity contribution in [3.63, 3.8) is 0 Å². The van der Waals surface area contributed by atoms with Crippen LogP contribution in [0, 0.1) is 11.9 Å². The Hall–Kier alpha value is -1.14. The minimum Gasteiger partial charge on any atom is -0.381 e. The van der Waals surface area contributed by atoms with Crippen LogP contribution in [0.1, 0.15) is 18.4 Å². The van der Waals surface area contributed by atoms with Crippen molar-refractivity contribution in [1.82, 2.24) is 9.88 Å². The van der Waals surface area contributed by atoms with Crippen molar-refractivity contribution in [3.05, 3.63) is 46.0 Å². The standard InChI is InChI=1S/C16H18Cl2FN3O/c17-12-1-2-15(20)22(9-10-3-5-23-6-4-10)16(12)11-7-14(19)21-8-13(11)18/h1-2,7-8,10,15H,3-6,9,20H2. The van der Waals surface area contributed by atoms with E-state index in [1.807, 2.05) is 11.0 Å². The van der Waals surface area contributed by atoms with Crippen LogP contribution < -0.4 is 5.73 Å². The number of hydrogen-bond acceptors (Lipinski definition) is 4. The molecule has 1 unspecified atom stereocenters. The van der Waals surface area contributed by atoms with Gasteiger partial charge >= 0.3 is 0 Å². The molecule has 0 amide bonds. The van der Waals surface area contributed by atoms with Gasteiger partial charge in [0.1, 0.15) is 0 Å². The maximum atomic E-state index is 13.6. The minimum atomic E-state index is -0.601. The van der Waals surface area contributed by atoms with Gasteiger partial charge in [0.05, 0.1) is 21.9 Å². The first-order valence-electron chi connectivity index (χ1n) is 7.55. The van der Waals surface area contributed by atoms with Crippen LogP contribution in [-0.2, 0) is 4.74 Å². The summed E-state index contributed by atoms with van der Waals surface area (Å²) in [4.78, 5) is 5.56. The minimum absolute atomic E-state index is 0.331. The van der Waals surface area contributed by atoms with Gasteiger partial charge in [-0.15, -0.1) is 0 Å². The van der Waals surface area contributed by atoms with Crippen LogP contribution in [0.5, 0.6) is 0 Å². The maximum absolute atomic E-state index is 13.6. The van der Waals surface area contributed by atoms with Gasteiger partial charge in [-0.2, -0.15) is 4.39 Å². The van der Waals surface area contributed by atoms with Crippen LogP contribution in [0.4, 0.5) is 4.39 Å². The fraction of sp³-hybridized carbons (Fsp3) is 0.438. The van der Waals surface area contributed by atoms with Crippen LogP contribution in [-0.4, -0.2) is 35.8 Å². The van der Waals surface area contributed by atoms with Crippen molar-refractivity contribution in [2.24, 2.45) is 11.7 Å². The Bertz CT molecular complexity index is 644. The summed E-state index contributed by atoms with van der Waals surface area (Å²) in [6, 6.07) is 1.29. The van der Waals surface area contributed by atoms with Crippen molar-refractivity contribution in [3.8, 4) is 0 Å². The van der Waals surface area contributed by atoms with Gasteiger partial charge in [0.15, 0.2) is 0 Å². The Morgan fingerprint density at radius 3 is 2.83 bits per heavy atom.